The zero-order chi connectivity index (χ0) is 20.2. The van der Waals surface area contributed by atoms with Crippen LogP contribution in [0, 0.1) is 0 Å². The van der Waals surface area contributed by atoms with Crippen molar-refractivity contribution in [1.29, 1.82) is 0 Å². The Kier molecular flexibility index (Phi) is 20.9. The van der Waals surface area contributed by atoms with E-state index in [9.17, 15) is 4.79 Å². The van der Waals surface area contributed by atoms with Gasteiger partial charge in [-0.15, -0.1) is 0 Å². The van der Waals surface area contributed by atoms with Crippen LogP contribution in [0.5, 0.6) is 0 Å². The van der Waals surface area contributed by atoms with Crippen molar-refractivity contribution in [2.24, 2.45) is 0 Å². The van der Waals surface area contributed by atoms with Gasteiger partial charge in [-0.2, -0.15) is 0 Å². The zero-order valence-electron chi connectivity index (χ0n) is 18.6. The van der Waals surface area contributed by atoms with E-state index in [0.717, 1.165) is 58.5 Å². The van der Waals surface area contributed by atoms with Crippen molar-refractivity contribution in [3.63, 3.8) is 0 Å². The molecule has 0 aromatic heterocycles. The molecule has 1 heterocycles. The number of piperazine rings is 1. The lowest BCUT2D eigenvalue weighted by Gasteiger charge is -2.34. The van der Waals surface area contributed by atoms with Crippen LogP contribution in [-0.2, 0) is 11.3 Å². The number of hydrogen-bond donors (Lipinski definition) is 0. The van der Waals surface area contributed by atoms with Crippen LogP contribution in [-0.4, -0.2) is 48.3 Å². The highest BCUT2D eigenvalue weighted by atomic mass is 16.1. The molecular weight excluding hydrogens is 320 g/mol. The van der Waals surface area contributed by atoms with Crippen LogP contribution in [0.3, 0.4) is 0 Å². The summed E-state index contributed by atoms with van der Waals surface area (Å²) in [7, 11) is 0. The van der Waals surface area contributed by atoms with Gasteiger partial charge in [0.15, 0.2) is 0 Å². The number of carbonyl (C=O) groups excluding carboxylic acids is 1. The van der Waals surface area contributed by atoms with Gasteiger partial charge in [0.25, 0.3) is 0 Å². The molecule has 1 aliphatic heterocycles. The average Bonchev–Trinajstić information content (AvgIpc) is 2.72. The summed E-state index contributed by atoms with van der Waals surface area (Å²) in [6.45, 7) is 20.5. The van der Waals surface area contributed by atoms with E-state index in [2.05, 4.69) is 40.1 Å². The van der Waals surface area contributed by atoms with Crippen molar-refractivity contribution in [2.75, 3.05) is 32.7 Å². The molecule has 3 heteroatoms. The topological polar surface area (TPSA) is 23.6 Å². The van der Waals surface area contributed by atoms with Gasteiger partial charge in [-0.1, -0.05) is 71.9 Å². The minimum Gasteiger partial charge on any atom is -0.301 e. The molecule has 0 spiro atoms. The molecule has 152 valence electrons. The first kappa shape index (κ1) is 27.0. The molecular formula is C23H44N2O. The summed E-state index contributed by atoms with van der Waals surface area (Å²) in [6.07, 6.45) is 2.94. The first-order chi connectivity index (χ1) is 12.7. The van der Waals surface area contributed by atoms with E-state index in [4.69, 9.17) is 0 Å². The van der Waals surface area contributed by atoms with Gasteiger partial charge in [0, 0.05) is 39.1 Å². The Hall–Kier alpha value is -1.19. The second-order valence-electron chi connectivity index (χ2n) is 5.76. The van der Waals surface area contributed by atoms with Gasteiger partial charge < -0.3 is 9.69 Å². The van der Waals surface area contributed by atoms with E-state index in [-0.39, 0.29) is 0 Å². The van der Waals surface area contributed by atoms with Crippen molar-refractivity contribution in [1.82, 2.24) is 9.80 Å². The lowest BCUT2D eigenvalue weighted by molar-refractivity contribution is -0.117. The van der Waals surface area contributed by atoms with E-state index in [0.29, 0.717) is 5.78 Å². The number of ketones is 1. The number of carbonyl (C=O) groups is 1. The maximum Gasteiger partial charge on any atom is 0.129 e. The molecule has 1 aromatic rings. The Balaban J connectivity index is 0. The van der Waals surface area contributed by atoms with Gasteiger partial charge in [-0.3, -0.25) is 4.90 Å². The van der Waals surface area contributed by atoms with E-state index < -0.39 is 0 Å². The second kappa shape index (κ2) is 20.1. The van der Waals surface area contributed by atoms with Crippen LogP contribution in [0.1, 0.15) is 73.3 Å². The fourth-order valence-corrected chi connectivity index (χ4v) is 2.72. The molecule has 0 atom stereocenters. The highest BCUT2D eigenvalue weighted by Crippen LogP contribution is 2.09. The standard InChI is InChI=1S/C17H26N2O.3C2H6/c1-16(20)7-5-6-10-18-11-13-19(14-12-18)15-17-8-3-2-4-9-17;3*1-2/h2-4,8-9H,5-7,10-15H2,1H3;3*1-2H3. The number of nitrogens with zero attached hydrogens (tertiary/aromatic N) is 2. The van der Waals surface area contributed by atoms with E-state index in [1.807, 2.05) is 41.5 Å². The van der Waals surface area contributed by atoms with E-state index in [1.165, 1.54) is 5.56 Å². The quantitative estimate of drug-likeness (QED) is 0.585. The SMILES string of the molecule is CC.CC.CC.CC(=O)CCCCN1CCN(Cc2ccccc2)CC1. The Morgan fingerprint density at radius 3 is 1.81 bits per heavy atom. The Bertz CT molecular complexity index is 398. The molecule has 0 unspecified atom stereocenters. The van der Waals surface area contributed by atoms with Crippen LogP contribution < -0.4 is 0 Å². The predicted octanol–water partition coefficient (Wildman–Crippen LogP) is 5.64. The highest BCUT2D eigenvalue weighted by Gasteiger charge is 2.16. The smallest absolute Gasteiger partial charge is 0.129 e. The zero-order valence-corrected chi connectivity index (χ0v) is 18.6. The number of rotatable bonds is 7. The largest absolute Gasteiger partial charge is 0.301 e. The summed E-state index contributed by atoms with van der Waals surface area (Å²) in [4.78, 5) is 15.9. The van der Waals surface area contributed by atoms with Gasteiger partial charge in [0.1, 0.15) is 5.78 Å². The van der Waals surface area contributed by atoms with Gasteiger partial charge in [-0.05, 0) is 31.9 Å². The normalized spacial score (nSPS) is 14.0. The third-order valence-corrected chi connectivity index (χ3v) is 3.97. The van der Waals surface area contributed by atoms with Crippen molar-refractivity contribution >= 4 is 5.78 Å². The summed E-state index contributed by atoms with van der Waals surface area (Å²) in [5, 5.41) is 0. The monoisotopic (exact) mass is 364 g/mol. The van der Waals surface area contributed by atoms with Gasteiger partial charge >= 0.3 is 0 Å². The molecule has 0 radical (unpaired) electrons. The lowest BCUT2D eigenvalue weighted by Crippen LogP contribution is -2.46. The molecule has 0 aliphatic carbocycles. The average molecular weight is 365 g/mol. The van der Waals surface area contributed by atoms with Crippen molar-refractivity contribution in [2.45, 2.75) is 74.3 Å². The molecule has 1 aromatic carbocycles. The summed E-state index contributed by atoms with van der Waals surface area (Å²) in [5.74, 6) is 0.317. The minimum atomic E-state index is 0.317. The van der Waals surface area contributed by atoms with Gasteiger partial charge in [-0.25, -0.2) is 0 Å². The van der Waals surface area contributed by atoms with E-state index >= 15 is 0 Å². The van der Waals surface area contributed by atoms with Gasteiger partial charge in [0.2, 0.25) is 0 Å². The Morgan fingerprint density at radius 2 is 1.31 bits per heavy atom. The fraction of sp³-hybridized carbons (Fsp3) is 0.696. The van der Waals surface area contributed by atoms with E-state index in [1.54, 1.807) is 6.92 Å². The highest BCUT2D eigenvalue weighted by molar-refractivity contribution is 5.75. The molecule has 2 rings (SSSR count). The first-order valence-electron chi connectivity index (χ1n) is 10.7. The molecule has 0 N–H and O–H groups in total. The lowest BCUT2D eigenvalue weighted by atomic mass is 10.1. The van der Waals surface area contributed by atoms with Gasteiger partial charge in [0.05, 0.1) is 0 Å². The molecule has 1 aliphatic rings. The minimum absolute atomic E-state index is 0.317. The van der Waals surface area contributed by atoms with Crippen LogP contribution in [0.15, 0.2) is 30.3 Å². The number of unbranched alkanes of at least 4 members (excludes halogenated alkanes) is 1. The third kappa shape index (κ3) is 14.0. The van der Waals surface area contributed by atoms with Crippen LogP contribution in [0.4, 0.5) is 0 Å². The van der Waals surface area contributed by atoms with Crippen LogP contribution >= 0.6 is 0 Å². The molecule has 0 amide bonds. The molecule has 0 saturated carbocycles. The maximum atomic E-state index is 10.9. The molecule has 1 fully saturated rings. The summed E-state index contributed by atoms with van der Waals surface area (Å²) in [5.41, 5.74) is 1.41. The third-order valence-electron chi connectivity index (χ3n) is 3.97. The number of hydrogen-bond acceptors (Lipinski definition) is 3. The predicted molar refractivity (Wildman–Crippen MR) is 117 cm³/mol. The molecule has 26 heavy (non-hydrogen) atoms. The maximum absolute atomic E-state index is 10.9. The second-order valence-corrected chi connectivity index (χ2v) is 5.76. The summed E-state index contributed by atoms with van der Waals surface area (Å²) < 4.78 is 0. The van der Waals surface area contributed by atoms with Crippen molar-refractivity contribution in [3.8, 4) is 0 Å². The van der Waals surface area contributed by atoms with Crippen molar-refractivity contribution < 1.29 is 4.79 Å². The van der Waals surface area contributed by atoms with Crippen LogP contribution in [0.25, 0.3) is 0 Å². The van der Waals surface area contributed by atoms with Crippen LogP contribution in [0.2, 0.25) is 0 Å². The fourth-order valence-electron chi connectivity index (χ4n) is 2.72. The number of Topliss-reactive ketones (excluding diaryl/α,β-unsaturated/α-hetero) is 1. The van der Waals surface area contributed by atoms with Crippen molar-refractivity contribution in [3.05, 3.63) is 35.9 Å². The molecule has 0 bridgehead atoms. The Labute approximate surface area is 163 Å². The summed E-state index contributed by atoms with van der Waals surface area (Å²) >= 11 is 0. The first-order valence-corrected chi connectivity index (χ1v) is 10.7. The Morgan fingerprint density at radius 1 is 0.808 bits per heavy atom. The molecule has 3 nitrogen and oxygen atoms in total. The molecule has 1 saturated heterocycles. The number of benzene rings is 1. The summed E-state index contributed by atoms with van der Waals surface area (Å²) in [6, 6.07) is 10.7.